The van der Waals surface area contributed by atoms with Gasteiger partial charge in [0.25, 0.3) is 5.56 Å². The monoisotopic (exact) mass is 545 g/mol. The standard InChI is InChI=1S/C23H17F6N3O4S/c1-11-16-19(34)31-21(35)32(9-8-22(24,25)26)20(16)37-17(11)13-4-7-15(30-10-13)36-14-5-2-12(3-6-14)18(33)23(27,28)29/h2-7,10,18,33H,8-9H2,1H3,(H,31,34,35). The van der Waals surface area contributed by atoms with Crippen LogP contribution in [0.25, 0.3) is 20.7 Å². The summed E-state index contributed by atoms with van der Waals surface area (Å²) >= 11 is 0.978. The first-order chi connectivity index (χ1) is 17.2. The number of aliphatic hydroxyl groups is 1. The molecule has 0 aliphatic rings. The SMILES string of the molecule is Cc1c(-c2ccc(Oc3ccc(C(O)C(F)(F)F)cc3)nc2)sc2c1c(=O)[nH]c(=O)n2CCC(F)(F)F. The number of hydrogen-bond acceptors (Lipinski definition) is 6. The number of thiophene rings is 1. The van der Waals surface area contributed by atoms with Crippen LogP contribution >= 0.6 is 11.3 Å². The molecule has 4 rings (SSSR count). The van der Waals surface area contributed by atoms with Gasteiger partial charge in [0.1, 0.15) is 10.6 Å². The van der Waals surface area contributed by atoms with Crippen molar-refractivity contribution >= 4 is 21.6 Å². The number of ether oxygens (including phenoxy) is 1. The van der Waals surface area contributed by atoms with Gasteiger partial charge in [0, 0.05) is 29.2 Å². The maximum atomic E-state index is 12.7. The molecule has 0 saturated carbocycles. The number of H-pyrrole nitrogens is 1. The van der Waals surface area contributed by atoms with Crippen molar-refractivity contribution in [1.29, 1.82) is 0 Å². The van der Waals surface area contributed by atoms with E-state index in [2.05, 4.69) is 9.97 Å². The average molecular weight is 545 g/mol. The first kappa shape index (κ1) is 26.4. The van der Waals surface area contributed by atoms with Gasteiger partial charge in [-0.15, -0.1) is 11.3 Å². The summed E-state index contributed by atoms with van der Waals surface area (Å²) < 4.78 is 82.5. The van der Waals surface area contributed by atoms with Crippen molar-refractivity contribution in [2.75, 3.05) is 0 Å². The molecule has 196 valence electrons. The van der Waals surface area contributed by atoms with Crippen LogP contribution in [0.3, 0.4) is 0 Å². The van der Waals surface area contributed by atoms with E-state index in [1.807, 2.05) is 0 Å². The lowest BCUT2D eigenvalue weighted by Crippen LogP contribution is -2.31. The molecular weight excluding hydrogens is 528 g/mol. The Hall–Kier alpha value is -3.65. The van der Waals surface area contributed by atoms with Crippen molar-refractivity contribution in [3.8, 4) is 22.1 Å². The molecule has 1 aromatic carbocycles. The number of rotatable bonds is 6. The molecule has 3 heterocycles. The van der Waals surface area contributed by atoms with E-state index >= 15 is 0 Å². The van der Waals surface area contributed by atoms with Crippen LogP contribution < -0.4 is 16.0 Å². The molecule has 0 amide bonds. The van der Waals surface area contributed by atoms with Gasteiger partial charge in [-0.05, 0) is 36.2 Å². The number of aliphatic hydroxyl groups excluding tert-OH is 1. The number of benzene rings is 1. The molecule has 3 aromatic heterocycles. The van der Waals surface area contributed by atoms with Gasteiger partial charge >= 0.3 is 18.0 Å². The van der Waals surface area contributed by atoms with E-state index in [0.717, 1.165) is 28.0 Å². The highest BCUT2D eigenvalue weighted by Crippen LogP contribution is 2.37. The average Bonchev–Trinajstić information content (AvgIpc) is 3.15. The van der Waals surface area contributed by atoms with Gasteiger partial charge in [0.2, 0.25) is 5.88 Å². The Balaban J connectivity index is 1.60. The molecule has 0 fully saturated rings. The van der Waals surface area contributed by atoms with E-state index in [0.29, 0.717) is 16.0 Å². The summed E-state index contributed by atoms with van der Waals surface area (Å²) in [5, 5.41) is 9.40. The van der Waals surface area contributed by atoms with Gasteiger partial charge in [0.05, 0.1) is 11.8 Å². The molecule has 4 aromatic rings. The second kappa shape index (κ2) is 9.67. The van der Waals surface area contributed by atoms with E-state index in [1.165, 1.54) is 24.4 Å². The van der Waals surface area contributed by atoms with E-state index < -0.39 is 42.7 Å². The number of nitrogens with one attached hydrogen (secondary N) is 1. The molecule has 0 aliphatic carbocycles. The zero-order chi connectivity index (χ0) is 27.1. The number of alkyl halides is 6. The molecule has 0 bridgehead atoms. The fraction of sp³-hybridized carbons (Fsp3) is 0.261. The number of nitrogens with zero attached hydrogens (tertiary/aromatic N) is 2. The van der Waals surface area contributed by atoms with Crippen LogP contribution in [0.5, 0.6) is 11.6 Å². The second-order valence-electron chi connectivity index (χ2n) is 8.01. The minimum Gasteiger partial charge on any atom is -0.439 e. The summed E-state index contributed by atoms with van der Waals surface area (Å²) in [5.74, 6) is 0.253. The first-order valence-corrected chi connectivity index (χ1v) is 11.4. The van der Waals surface area contributed by atoms with E-state index in [-0.39, 0.29) is 27.4 Å². The predicted molar refractivity (Wildman–Crippen MR) is 123 cm³/mol. The summed E-state index contributed by atoms with van der Waals surface area (Å²) in [5.41, 5.74) is -1.05. The third-order valence-electron chi connectivity index (χ3n) is 5.41. The first-order valence-electron chi connectivity index (χ1n) is 10.6. The maximum absolute atomic E-state index is 12.7. The summed E-state index contributed by atoms with van der Waals surface area (Å²) in [6.07, 6.45) is -11.8. The lowest BCUT2D eigenvalue weighted by atomic mass is 10.1. The highest BCUT2D eigenvalue weighted by molar-refractivity contribution is 7.22. The van der Waals surface area contributed by atoms with Gasteiger partial charge in [-0.3, -0.25) is 14.3 Å². The molecule has 0 saturated heterocycles. The van der Waals surface area contributed by atoms with Gasteiger partial charge < -0.3 is 9.84 Å². The Bertz CT molecular complexity index is 1540. The zero-order valence-corrected chi connectivity index (χ0v) is 19.6. The lowest BCUT2D eigenvalue weighted by Gasteiger charge is -2.15. The van der Waals surface area contributed by atoms with Crippen LogP contribution in [0.1, 0.15) is 23.7 Å². The van der Waals surface area contributed by atoms with E-state index in [1.54, 1.807) is 13.0 Å². The van der Waals surface area contributed by atoms with Gasteiger partial charge in [0.15, 0.2) is 6.10 Å². The number of halogens is 6. The number of fused-ring (bicyclic) bond motifs is 1. The Labute approximate surface area is 207 Å². The van der Waals surface area contributed by atoms with Gasteiger partial charge in [-0.25, -0.2) is 9.78 Å². The molecule has 0 radical (unpaired) electrons. The van der Waals surface area contributed by atoms with Crippen LogP contribution in [0.2, 0.25) is 0 Å². The van der Waals surface area contributed by atoms with Crippen LogP contribution in [0.15, 0.2) is 52.2 Å². The minimum absolute atomic E-state index is 0.0894. The topological polar surface area (TPSA) is 97.2 Å². The molecule has 7 nitrogen and oxygen atoms in total. The molecule has 0 spiro atoms. The highest BCUT2D eigenvalue weighted by Gasteiger charge is 2.39. The Morgan fingerprint density at radius 1 is 1.08 bits per heavy atom. The fourth-order valence-electron chi connectivity index (χ4n) is 3.59. The number of hydrogen-bond donors (Lipinski definition) is 2. The van der Waals surface area contributed by atoms with E-state index in [4.69, 9.17) is 4.74 Å². The van der Waals surface area contributed by atoms with Crippen molar-refractivity contribution in [2.24, 2.45) is 0 Å². The van der Waals surface area contributed by atoms with Crippen molar-refractivity contribution in [1.82, 2.24) is 14.5 Å². The molecule has 1 atom stereocenters. The Kier molecular flexibility index (Phi) is 6.90. The lowest BCUT2D eigenvalue weighted by molar-refractivity contribution is -0.206. The smallest absolute Gasteiger partial charge is 0.418 e. The molecule has 14 heteroatoms. The van der Waals surface area contributed by atoms with Crippen LogP contribution in [0, 0.1) is 6.92 Å². The third kappa shape index (κ3) is 5.69. The Morgan fingerprint density at radius 2 is 1.76 bits per heavy atom. The summed E-state index contributed by atoms with van der Waals surface area (Å²) in [6, 6.07) is 7.65. The molecule has 37 heavy (non-hydrogen) atoms. The van der Waals surface area contributed by atoms with Crippen molar-refractivity contribution in [3.63, 3.8) is 0 Å². The minimum atomic E-state index is -4.80. The number of aromatic nitrogens is 3. The quantitative estimate of drug-likeness (QED) is 0.314. The van der Waals surface area contributed by atoms with Crippen LogP contribution in [-0.2, 0) is 6.54 Å². The highest BCUT2D eigenvalue weighted by atomic mass is 32.1. The second-order valence-corrected chi connectivity index (χ2v) is 9.01. The van der Waals surface area contributed by atoms with Crippen molar-refractivity contribution in [3.05, 3.63) is 74.6 Å². The normalized spacial score (nSPS) is 13.2. The molecular formula is C23H17F6N3O4S. The largest absolute Gasteiger partial charge is 0.439 e. The van der Waals surface area contributed by atoms with Crippen LogP contribution in [-0.4, -0.2) is 32.0 Å². The predicted octanol–water partition coefficient (Wildman–Crippen LogP) is 5.46. The zero-order valence-electron chi connectivity index (χ0n) is 18.8. The fourth-order valence-corrected chi connectivity index (χ4v) is 4.91. The Morgan fingerprint density at radius 3 is 2.32 bits per heavy atom. The summed E-state index contributed by atoms with van der Waals surface area (Å²) in [4.78, 5) is 31.4. The van der Waals surface area contributed by atoms with Crippen LogP contribution in [0.4, 0.5) is 26.3 Å². The maximum Gasteiger partial charge on any atom is 0.418 e. The molecule has 1 unspecified atom stereocenters. The summed E-state index contributed by atoms with van der Waals surface area (Å²) in [6.45, 7) is 0.947. The number of aryl methyl sites for hydroxylation is 2. The third-order valence-corrected chi connectivity index (χ3v) is 6.78. The number of aromatic amines is 1. The molecule has 0 aliphatic heterocycles. The van der Waals surface area contributed by atoms with Crippen molar-refractivity contribution < 1.29 is 36.2 Å². The van der Waals surface area contributed by atoms with Gasteiger partial charge in [-0.2, -0.15) is 26.3 Å². The van der Waals surface area contributed by atoms with E-state index in [9.17, 15) is 41.0 Å². The van der Waals surface area contributed by atoms with Gasteiger partial charge in [-0.1, -0.05) is 12.1 Å². The van der Waals surface area contributed by atoms with Crippen molar-refractivity contribution in [2.45, 2.75) is 38.3 Å². The molecule has 2 N–H and O–H groups in total. The summed E-state index contributed by atoms with van der Waals surface area (Å²) in [7, 11) is 0. The number of pyridine rings is 1.